The molecule has 12 amide bonds. The fourth-order valence-corrected chi connectivity index (χ4v) is 12.0. The highest BCUT2D eigenvalue weighted by Gasteiger charge is 2.45. The third-order valence-electron chi connectivity index (χ3n) is 17.1. The number of hydrogen-bond acceptors (Lipinski definition) is 16. The second-order valence-corrected chi connectivity index (χ2v) is 24.9. The van der Waals surface area contributed by atoms with E-state index in [-0.39, 0.29) is 53.2 Å². The molecule has 6 aliphatic rings. The van der Waals surface area contributed by atoms with Crippen LogP contribution in [-0.2, 0) is 47.9 Å². The zero-order chi connectivity index (χ0) is 65.2. The second kappa shape index (κ2) is 27.1. The average molecular weight is 1230 g/mol. The van der Waals surface area contributed by atoms with Crippen molar-refractivity contribution in [3.63, 3.8) is 0 Å². The van der Waals surface area contributed by atoms with Crippen LogP contribution in [-0.4, -0.2) is 221 Å². The number of likely N-dealkylation sites (N-methyl/N-ethyl adjacent to an activating group) is 4. The number of carbonyl (C=O) groups excluding carboxylic acids is 12. The number of nitrogens with zero attached hydrogens (tertiary/aromatic N) is 7. The van der Waals surface area contributed by atoms with Crippen molar-refractivity contribution in [3.05, 3.63) is 44.6 Å². The highest BCUT2D eigenvalue weighted by Crippen LogP contribution is 2.35. The largest absolute Gasteiger partial charge is 0.452 e. The standard InChI is InChI=1S/C60H84N14O14/c1-27(2)42-59(86)73-21-15-17-36(73)57(84)69(11)25-38(75)71(13)46(29(5)6)55(82)62-23-34(52(79)67-42)64-51(78)33-20-19-31(9)49-44(33)66-45-40(41(61)48(77)32(10)50(45)88-49)54(81)65-35-24-63-56(83)47(30(7)8)72(14)39(76)26-70(12)58(85)37-18-16-22-74(37)60(87)43(28(3)4)68-53(35)80/h19-20,27-30,34-37,42-43,46-47H,15-18,21-26,61H2,1-14H3,(H,62,82)(H,63,83)(H,64,78)(H,65,81)(H,67,79)(H,68,80). The van der Waals surface area contributed by atoms with E-state index in [1.807, 2.05) is 0 Å². The molecule has 0 bridgehead atoms. The topological polar surface area (TPSA) is 366 Å². The summed E-state index contributed by atoms with van der Waals surface area (Å²) < 4.78 is 6.40. The van der Waals surface area contributed by atoms with Crippen molar-refractivity contribution in [2.24, 2.45) is 23.7 Å². The predicted molar refractivity (Wildman–Crippen MR) is 320 cm³/mol. The number of nitrogens with two attached hydrogens (primary N) is 1. The van der Waals surface area contributed by atoms with Gasteiger partial charge < -0.3 is 71.5 Å². The Morgan fingerprint density at radius 1 is 0.602 bits per heavy atom. The van der Waals surface area contributed by atoms with Gasteiger partial charge in [0.05, 0.1) is 29.9 Å². The number of rotatable bonds is 8. The molecule has 8 atom stereocenters. The highest BCUT2D eigenvalue weighted by molar-refractivity contribution is 6.10. The van der Waals surface area contributed by atoms with E-state index in [2.05, 4.69) is 31.9 Å². The van der Waals surface area contributed by atoms with Crippen LogP contribution in [0.1, 0.15) is 113 Å². The monoisotopic (exact) mass is 1220 g/mol. The zero-order valence-corrected chi connectivity index (χ0v) is 52.6. The van der Waals surface area contributed by atoms with Gasteiger partial charge in [-0.15, -0.1) is 0 Å². The number of anilines is 1. The van der Waals surface area contributed by atoms with Gasteiger partial charge >= 0.3 is 0 Å². The first-order chi connectivity index (χ1) is 41.3. The van der Waals surface area contributed by atoms with E-state index in [1.165, 1.54) is 76.6 Å². The summed E-state index contributed by atoms with van der Waals surface area (Å²) in [6.07, 6.45) is 1.51. The summed E-state index contributed by atoms with van der Waals surface area (Å²) in [6, 6.07) is -7.16. The normalized spacial score (nSPS) is 24.8. The molecule has 28 nitrogen and oxygen atoms in total. The molecule has 7 rings (SSSR count). The van der Waals surface area contributed by atoms with E-state index in [9.17, 15) is 57.5 Å². The Balaban J connectivity index is 1.29. The molecule has 28 heteroatoms. The van der Waals surface area contributed by atoms with Crippen LogP contribution in [0.25, 0.3) is 22.6 Å². The smallest absolute Gasteiger partial charge is 0.256 e. The zero-order valence-electron chi connectivity index (χ0n) is 52.6. The van der Waals surface area contributed by atoms with Gasteiger partial charge in [0, 0.05) is 59.9 Å². The van der Waals surface area contributed by atoms with Gasteiger partial charge in [-0.25, -0.2) is 4.98 Å². The maximum atomic E-state index is 15.0. The van der Waals surface area contributed by atoms with Crippen LogP contribution in [0.2, 0.25) is 0 Å². The third-order valence-corrected chi connectivity index (χ3v) is 17.1. The summed E-state index contributed by atoms with van der Waals surface area (Å²) in [6.45, 7) is 14.9. The first-order valence-corrected chi connectivity index (χ1v) is 29.9. The van der Waals surface area contributed by atoms with Crippen LogP contribution in [0.5, 0.6) is 0 Å². The lowest BCUT2D eigenvalue weighted by Crippen LogP contribution is -2.61. The molecule has 8 N–H and O–H groups in total. The van der Waals surface area contributed by atoms with Gasteiger partial charge in [0.25, 0.3) is 11.8 Å². The van der Waals surface area contributed by atoms with Gasteiger partial charge in [-0.3, -0.25) is 62.3 Å². The van der Waals surface area contributed by atoms with Gasteiger partial charge in [-0.2, -0.15) is 0 Å². The molecule has 478 valence electrons. The Kier molecular flexibility index (Phi) is 20.6. The van der Waals surface area contributed by atoms with Gasteiger partial charge in [0.2, 0.25) is 64.5 Å². The maximum Gasteiger partial charge on any atom is 0.256 e. The van der Waals surface area contributed by atoms with Crippen LogP contribution in [0.4, 0.5) is 5.69 Å². The molecule has 0 saturated carbocycles. The molecular weight excluding hydrogens is 1140 g/mol. The molecule has 0 aromatic heterocycles. The SMILES string of the molecule is Cc1c2oc3c(C)ccc(C(=O)NC4CNC(=O)C(C(C)C)N(C)C(=O)CN(C)C(=O)C5CCCN5C(=O)C(C(C)C)NC4=O)c3nc-2c(C(=O)NC2CNC(=O)C(C(C)C)N(C)C(=O)CN(C)C(=O)C3CCCN3C(=O)C(C(C)C)NC2=O)c(N)c1=O. The molecule has 88 heavy (non-hydrogen) atoms. The number of aromatic nitrogens is 1. The Hall–Kier alpha value is -8.72. The van der Waals surface area contributed by atoms with Gasteiger partial charge in [0.1, 0.15) is 59.5 Å². The predicted octanol–water partition coefficient (Wildman–Crippen LogP) is -0.905. The number of fused-ring (bicyclic) bond motifs is 4. The molecule has 4 fully saturated rings. The van der Waals surface area contributed by atoms with Crippen molar-refractivity contribution >= 4 is 87.7 Å². The van der Waals surface area contributed by atoms with Crippen LogP contribution in [0, 0.1) is 37.5 Å². The minimum absolute atomic E-state index is 0.0476. The van der Waals surface area contributed by atoms with Crippen molar-refractivity contribution in [3.8, 4) is 11.5 Å². The lowest BCUT2D eigenvalue weighted by molar-refractivity contribution is -0.149. The lowest BCUT2D eigenvalue weighted by atomic mass is 9.98. The molecule has 8 unspecified atom stereocenters. The minimum atomic E-state index is -1.73. The van der Waals surface area contributed by atoms with Crippen LogP contribution in [0.3, 0.4) is 0 Å². The van der Waals surface area contributed by atoms with Crippen molar-refractivity contribution < 1.29 is 62.0 Å². The number of hydrogen-bond donors (Lipinski definition) is 7. The van der Waals surface area contributed by atoms with Crippen LogP contribution < -0.4 is 43.1 Å². The van der Waals surface area contributed by atoms with E-state index >= 15 is 4.79 Å². The Morgan fingerprint density at radius 3 is 1.45 bits per heavy atom. The van der Waals surface area contributed by atoms with Crippen LogP contribution in [0.15, 0.2) is 21.3 Å². The number of nitrogen functional groups attached to an aromatic ring is 1. The molecule has 5 heterocycles. The Labute approximate surface area is 510 Å². The molecular formula is C60H84N14O14. The van der Waals surface area contributed by atoms with E-state index in [0.29, 0.717) is 24.8 Å². The fourth-order valence-electron chi connectivity index (χ4n) is 12.0. The van der Waals surface area contributed by atoms with Crippen molar-refractivity contribution in [1.29, 1.82) is 0 Å². The van der Waals surface area contributed by atoms with Gasteiger partial charge in [-0.05, 0) is 74.8 Å². The van der Waals surface area contributed by atoms with E-state index in [4.69, 9.17) is 15.1 Å². The molecule has 1 aromatic rings. The summed E-state index contributed by atoms with van der Waals surface area (Å²) in [7, 11) is 5.69. The molecule has 1 aromatic carbocycles. The first-order valence-electron chi connectivity index (χ1n) is 29.9. The van der Waals surface area contributed by atoms with Crippen LogP contribution >= 0.6 is 0 Å². The van der Waals surface area contributed by atoms with Crippen molar-refractivity contribution in [1.82, 2.24) is 66.3 Å². The van der Waals surface area contributed by atoms with E-state index in [1.54, 1.807) is 62.3 Å². The minimum Gasteiger partial charge on any atom is -0.452 e. The fraction of sp³-hybridized carbons (Fsp3) is 0.600. The van der Waals surface area contributed by atoms with Gasteiger partial charge in [0.15, 0.2) is 11.3 Å². The molecule has 4 saturated heterocycles. The summed E-state index contributed by atoms with van der Waals surface area (Å²) in [5.41, 5.74) is 3.83. The number of benzene rings is 2. The quantitative estimate of drug-likeness (QED) is 0.106. The lowest BCUT2D eigenvalue weighted by Gasteiger charge is -2.35. The first kappa shape index (κ1) is 66.8. The van der Waals surface area contributed by atoms with Crippen molar-refractivity contribution in [2.75, 3.05) is 73.2 Å². The van der Waals surface area contributed by atoms with E-state index in [0.717, 1.165) is 0 Å². The maximum absolute atomic E-state index is 15.0. The Bertz CT molecular complexity index is 3340. The number of amides is 12. The summed E-state index contributed by atoms with van der Waals surface area (Å²) in [5.74, 6) is -11.2. The molecule has 0 spiro atoms. The number of aryl methyl sites for hydroxylation is 1. The third kappa shape index (κ3) is 13.5. The van der Waals surface area contributed by atoms with Gasteiger partial charge in [-0.1, -0.05) is 61.5 Å². The van der Waals surface area contributed by atoms with E-state index < -0.39 is 186 Å². The second-order valence-electron chi connectivity index (χ2n) is 24.9. The summed E-state index contributed by atoms with van der Waals surface area (Å²) in [4.78, 5) is 198. The molecule has 1 aliphatic carbocycles. The summed E-state index contributed by atoms with van der Waals surface area (Å²) in [5, 5.41) is 16.1. The highest BCUT2D eigenvalue weighted by atomic mass is 16.3. The Morgan fingerprint density at radius 2 is 1.03 bits per heavy atom. The average Bonchev–Trinajstić information content (AvgIpc) is 1.34. The molecule has 0 radical (unpaired) electrons. The van der Waals surface area contributed by atoms with Crippen molar-refractivity contribution in [2.45, 2.75) is 143 Å². The number of nitrogens with one attached hydrogen (secondary N) is 6. The molecule has 5 aliphatic heterocycles. The number of carbonyl (C=O) groups is 12. The summed E-state index contributed by atoms with van der Waals surface area (Å²) >= 11 is 0.